The fourth-order valence-corrected chi connectivity index (χ4v) is 2.40. The Kier molecular flexibility index (Phi) is 6.20. The third-order valence-corrected chi connectivity index (χ3v) is 3.41. The van der Waals surface area contributed by atoms with Gasteiger partial charge in [-0.2, -0.15) is 0 Å². The van der Waals surface area contributed by atoms with Crippen LogP contribution in [0.4, 0.5) is 4.79 Å². The van der Waals surface area contributed by atoms with Crippen molar-refractivity contribution >= 4 is 18.0 Å². The van der Waals surface area contributed by atoms with E-state index in [4.69, 9.17) is 9.47 Å². The number of alkyl carbamates (subject to hydrolysis) is 1. The second-order valence-electron chi connectivity index (χ2n) is 6.32. The van der Waals surface area contributed by atoms with Gasteiger partial charge in [0, 0.05) is 6.54 Å². The zero-order valence-electron chi connectivity index (χ0n) is 14.0. The van der Waals surface area contributed by atoms with Crippen molar-refractivity contribution in [1.82, 2.24) is 10.2 Å². The van der Waals surface area contributed by atoms with Gasteiger partial charge in [0.25, 0.3) is 0 Å². The molecule has 1 N–H and O–H groups in total. The van der Waals surface area contributed by atoms with Crippen molar-refractivity contribution in [2.45, 2.75) is 64.6 Å². The summed E-state index contributed by atoms with van der Waals surface area (Å²) in [5.41, 5.74) is -0.631. The van der Waals surface area contributed by atoms with E-state index in [2.05, 4.69) is 5.32 Å². The van der Waals surface area contributed by atoms with Gasteiger partial charge < -0.3 is 19.7 Å². The Hall–Kier alpha value is -1.79. The average Bonchev–Trinajstić information content (AvgIpc) is 2.90. The molecule has 0 aromatic heterocycles. The maximum absolute atomic E-state index is 12.6. The zero-order chi connectivity index (χ0) is 16.9. The SMILES string of the molecule is CC[C@H](NC(=O)OC(C)(C)C)C(=O)N1CCC[C@H]1C(=O)OC. The third kappa shape index (κ3) is 4.89. The van der Waals surface area contributed by atoms with Crippen LogP contribution < -0.4 is 5.32 Å². The number of esters is 1. The van der Waals surface area contributed by atoms with E-state index < -0.39 is 29.7 Å². The van der Waals surface area contributed by atoms with Crippen LogP contribution in [0, 0.1) is 0 Å². The predicted molar refractivity (Wildman–Crippen MR) is 80.2 cm³/mol. The Morgan fingerprint density at radius 2 is 1.95 bits per heavy atom. The molecule has 1 saturated heterocycles. The molecule has 0 aromatic rings. The van der Waals surface area contributed by atoms with Crippen molar-refractivity contribution in [3.8, 4) is 0 Å². The van der Waals surface area contributed by atoms with E-state index in [0.29, 0.717) is 19.4 Å². The minimum atomic E-state index is -0.708. The van der Waals surface area contributed by atoms with E-state index in [1.54, 1.807) is 27.7 Å². The number of nitrogens with zero attached hydrogens (tertiary/aromatic N) is 1. The summed E-state index contributed by atoms with van der Waals surface area (Å²) in [6.45, 7) is 7.55. The Morgan fingerprint density at radius 1 is 1.32 bits per heavy atom. The summed E-state index contributed by atoms with van der Waals surface area (Å²) in [6.07, 6.45) is 1.11. The lowest BCUT2D eigenvalue weighted by atomic mass is 10.1. The predicted octanol–water partition coefficient (Wildman–Crippen LogP) is 1.45. The largest absolute Gasteiger partial charge is 0.467 e. The molecule has 2 amide bonds. The molecule has 1 fully saturated rings. The van der Waals surface area contributed by atoms with Gasteiger partial charge in [-0.25, -0.2) is 9.59 Å². The Labute approximate surface area is 131 Å². The molecule has 0 aromatic carbocycles. The first-order chi connectivity index (χ1) is 10.2. The van der Waals surface area contributed by atoms with E-state index >= 15 is 0 Å². The molecule has 7 nitrogen and oxygen atoms in total. The number of amides is 2. The highest BCUT2D eigenvalue weighted by molar-refractivity contribution is 5.90. The summed E-state index contributed by atoms with van der Waals surface area (Å²) in [5, 5.41) is 2.57. The highest BCUT2D eigenvalue weighted by Crippen LogP contribution is 2.20. The van der Waals surface area contributed by atoms with E-state index in [0.717, 1.165) is 6.42 Å². The maximum Gasteiger partial charge on any atom is 0.408 e. The Morgan fingerprint density at radius 3 is 2.45 bits per heavy atom. The van der Waals surface area contributed by atoms with Gasteiger partial charge >= 0.3 is 12.1 Å². The Bertz CT molecular complexity index is 430. The number of methoxy groups -OCH3 is 1. The average molecular weight is 314 g/mol. The van der Waals surface area contributed by atoms with Crippen molar-refractivity contribution in [3.05, 3.63) is 0 Å². The second-order valence-corrected chi connectivity index (χ2v) is 6.32. The minimum absolute atomic E-state index is 0.277. The van der Waals surface area contributed by atoms with Gasteiger partial charge in [0.2, 0.25) is 5.91 Å². The number of carbonyl (C=O) groups excluding carboxylic acids is 3. The molecule has 0 spiro atoms. The van der Waals surface area contributed by atoms with Crippen LogP contribution in [0.2, 0.25) is 0 Å². The normalized spacial score (nSPS) is 19.5. The van der Waals surface area contributed by atoms with E-state index in [1.807, 2.05) is 0 Å². The molecule has 0 radical (unpaired) electrons. The molecule has 1 aliphatic heterocycles. The van der Waals surface area contributed by atoms with Gasteiger partial charge in [-0.1, -0.05) is 6.92 Å². The van der Waals surface area contributed by atoms with Gasteiger partial charge in [0.15, 0.2) is 0 Å². The molecule has 1 heterocycles. The summed E-state index contributed by atoms with van der Waals surface area (Å²) < 4.78 is 9.90. The van der Waals surface area contributed by atoms with E-state index in [-0.39, 0.29) is 5.91 Å². The molecule has 0 unspecified atom stereocenters. The van der Waals surface area contributed by atoms with Crippen LogP contribution in [-0.2, 0) is 19.1 Å². The second kappa shape index (κ2) is 7.47. The molecular weight excluding hydrogens is 288 g/mol. The summed E-state index contributed by atoms with van der Waals surface area (Å²) in [7, 11) is 1.31. The molecule has 1 aliphatic rings. The van der Waals surface area contributed by atoms with Crippen LogP contribution in [0.1, 0.15) is 47.0 Å². The molecule has 22 heavy (non-hydrogen) atoms. The van der Waals surface area contributed by atoms with Gasteiger partial charge in [0.1, 0.15) is 17.7 Å². The lowest BCUT2D eigenvalue weighted by Gasteiger charge is -2.28. The van der Waals surface area contributed by atoms with Gasteiger partial charge in [-0.3, -0.25) is 4.79 Å². The quantitative estimate of drug-likeness (QED) is 0.794. The summed E-state index contributed by atoms with van der Waals surface area (Å²) in [6, 6.07) is -1.27. The van der Waals surface area contributed by atoms with Gasteiger partial charge in [-0.05, 0) is 40.0 Å². The molecule has 0 saturated carbocycles. The molecule has 7 heteroatoms. The lowest BCUT2D eigenvalue weighted by molar-refractivity contribution is -0.151. The van der Waals surface area contributed by atoms with Crippen LogP contribution in [-0.4, -0.2) is 54.2 Å². The van der Waals surface area contributed by atoms with Crippen molar-refractivity contribution in [2.75, 3.05) is 13.7 Å². The summed E-state index contributed by atoms with van der Waals surface area (Å²) in [5.74, 6) is -0.695. The van der Waals surface area contributed by atoms with Crippen molar-refractivity contribution < 1.29 is 23.9 Å². The van der Waals surface area contributed by atoms with E-state index in [9.17, 15) is 14.4 Å². The first-order valence-electron chi connectivity index (χ1n) is 7.57. The number of hydrogen-bond acceptors (Lipinski definition) is 5. The maximum atomic E-state index is 12.6. The number of rotatable bonds is 4. The van der Waals surface area contributed by atoms with Gasteiger partial charge in [0.05, 0.1) is 7.11 Å². The Balaban J connectivity index is 2.71. The first kappa shape index (κ1) is 18.3. The molecule has 0 bridgehead atoms. The number of ether oxygens (including phenoxy) is 2. The summed E-state index contributed by atoms with van der Waals surface area (Å²) >= 11 is 0. The minimum Gasteiger partial charge on any atom is -0.467 e. The van der Waals surface area contributed by atoms with Crippen molar-refractivity contribution in [1.29, 1.82) is 0 Å². The third-order valence-electron chi connectivity index (χ3n) is 3.41. The smallest absolute Gasteiger partial charge is 0.408 e. The topological polar surface area (TPSA) is 84.9 Å². The van der Waals surface area contributed by atoms with Crippen LogP contribution in [0.25, 0.3) is 0 Å². The van der Waals surface area contributed by atoms with Crippen LogP contribution >= 0.6 is 0 Å². The highest BCUT2D eigenvalue weighted by atomic mass is 16.6. The fourth-order valence-electron chi connectivity index (χ4n) is 2.40. The van der Waals surface area contributed by atoms with Gasteiger partial charge in [-0.15, -0.1) is 0 Å². The molecule has 2 atom stereocenters. The number of carbonyl (C=O) groups is 3. The van der Waals surface area contributed by atoms with Crippen LogP contribution in [0.15, 0.2) is 0 Å². The van der Waals surface area contributed by atoms with Crippen molar-refractivity contribution in [2.24, 2.45) is 0 Å². The van der Waals surface area contributed by atoms with E-state index in [1.165, 1.54) is 12.0 Å². The lowest BCUT2D eigenvalue weighted by Crippen LogP contribution is -2.52. The molecule has 0 aliphatic carbocycles. The molecule has 126 valence electrons. The zero-order valence-corrected chi connectivity index (χ0v) is 14.0. The molecule has 1 rings (SSSR count). The standard InChI is InChI=1S/C15H26N2O5/c1-6-10(16-14(20)22-15(2,3)4)12(18)17-9-7-8-11(17)13(19)21-5/h10-11H,6-9H2,1-5H3,(H,16,20)/t10-,11-/m0/s1. The monoisotopic (exact) mass is 314 g/mol. The van der Waals surface area contributed by atoms with Crippen LogP contribution in [0.3, 0.4) is 0 Å². The summed E-state index contributed by atoms with van der Waals surface area (Å²) in [4.78, 5) is 37.6. The highest BCUT2D eigenvalue weighted by Gasteiger charge is 2.38. The van der Waals surface area contributed by atoms with Crippen LogP contribution in [0.5, 0.6) is 0 Å². The number of likely N-dealkylation sites (tertiary alicyclic amines) is 1. The van der Waals surface area contributed by atoms with Crippen molar-refractivity contribution in [3.63, 3.8) is 0 Å². The first-order valence-corrected chi connectivity index (χ1v) is 7.57. The fraction of sp³-hybridized carbons (Fsp3) is 0.800. The number of nitrogens with one attached hydrogen (secondary N) is 1. The number of hydrogen-bond donors (Lipinski definition) is 1. The molecular formula is C15H26N2O5.